The highest BCUT2D eigenvalue weighted by Gasteiger charge is 2.20. The van der Waals surface area contributed by atoms with Crippen molar-refractivity contribution in [1.82, 2.24) is 4.90 Å². The van der Waals surface area contributed by atoms with Crippen LogP contribution in [0.4, 0.5) is 4.39 Å². The highest BCUT2D eigenvalue weighted by molar-refractivity contribution is 7.99. The van der Waals surface area contributed by atoms with Gasteiger partial charge in [0, 0.05) is 30.4 Å². The summed E-state index contributed by atoms with van der Waals surface area (Å²) in [6.07, 6.45) is 1.21. The molecule has 2 rings (SSSR count). The van der Waals surface area contributed by atoms with Crippen LogP contribution in [0.15, 0.2) is 18.2 Å². The van der Waals surface area contributed by atoms with Crippen LogP contribution in [0, 0.1) is 5.82 Å². The van der Waals surface area contributed by atoms with Gasteiger partial charge in [-0.3, -0.25) is 4.90 Å². The summed E-state index contributed by atoms with van der Waals surface area (Å²) in [7, 11) is 2.07. The van der Waals surface area contributed by atoms with Crippen molar-refractivity contribution < 1.29 is 4.39 Å². The summed E-state index contributed by atoms with van der Waals surface area (Å²) in [6, 6.07) is 5.74. The largest absolute Gasteiger partial charge is 0.326 e. The molecule has 0 spiro atoms. The van der Waals surface area contributed by atoms with Crippen molar-refractivity contribution >= 4 is 11.8 Å². The van der Waals surface area contributed by atoms with Gasteiger partial charge in [0.05, 0.1) is 0 Å². The first-order valence-corrected chi connectivity index (χ1v) is 7.11. The molecular weight excluding hydrogens is 235 g/mol. The average molecular weight is 254 g/mol. The minimum atomic E-state index is -0.125. The molecule has 4 heteroatoms. The first-order valence-electron chi connectivity index (χ1n) is 5.96. The summed E-state index contributed by atoms with van der Waals surface area (Å²) in [4.78, 5) is 2.25. The summed E-state index contributed by atoms with van der Waals surface area (Å²) in [5.74, 6) is 2.26. The molecule has 1 aliphatic heterocycles. The second-order valence-electron chi connectivity index (χ2n) is 4.56. The quantitative estimate of drug-likeness (QED) is 0.893. The summed E-state index contributed by atoms with van der Waals surface area (Å²) in [5.41, 5.74) is 7.34. The SMILES string of the molecule is CN(Cc1cc(CN)ccc1F)C1CCSC1. The van der Waals surface area contributed by atoms with Crippen molar-refractivity contribution in [1.29, 1.82) is 0 Å². The molecule has 1 aliphatic rings. The van der Waals surface area contributed by atoms with Gasteiger partial charge in [-0.15, -0.1) is 0 Å². The second-order valence-corrected chi connectivity index (χ2v) is 5.71. The van der Waals surface area contributed by atoms with Gasteiger partial charge in [-0.2, -0.15) is 11.8 Å². The number of thioether (sulfide) groups is 1. The molecule has 1 atom stereocenters. The van der Waals surface area contributed by atoms with Crippen LogP contribution < -0.4 is 5.73 Å². The van der Waals surface area contributed by atoms with Crippen molar-refractivity contribution in [3.8, 4) is 0 Å². The predicted octanol–water partition coefficient (Wildman–Crippen LogP) is 2.22. The lowest BCUT2D eigenvalue weighted by atomic mass is 10.1. The Labute approximate surface area is 106 Å². The third kappa shape index (κ3) is 3.21. The van der Waals surface area contributed by atoms with Crippen molar-refractivity contribution in [2.75, 3.05) is 18.6 Å². The fourth-order valence-electron chi connectivity index (χ4n) is 2.14. The molecule has 0 aliphatic carbocycles. The smallest absolute Gasteiger partial charge is 0.127 e. The van der Waals surface area contributed by atoms with Crippen molar-refractivity contribution in [2.24, 2.45) is 5.73 Å². The molecule has 0 aromatic heterocycles. The lowest BCUT2D eigenvalue weighted by Crippen LogP contribution is -2.31. The third-order valence-electron chi connectivity index (χ3n) is 3.29. The molecule has 0 amide bonds. The Balaban J connectivity index is 2.06. The van der Waals surface area contributed by atoms with Gasteiger partial charge in [0.2, 0.25) is 0 Å². The van der Waals surface area contributed by atoms with Gasteiger partial charge in [-0.05, 0) is 30.9 Å². The zero-order valence-corrected chi connectivity index (χ0v) is 11.0. The number of nitrogens with two attached hydrogens (primary N) is 1. The van der Waals surface area contributed by atoms with Crippen molar-refractivity contribution in [2.45, 2.75) is 25.6 Å². The normalized spacial score (nSPS) is 20.1. The number of hydrogen-bond acceptors (Lipinski definition) is 3. The topological polar surface area (TPSA) is 29.3 Å². The average Bonchev–Trinajstić information content (AvgIpc) is 2.85. The van der Waals surface area contributed by atoms with E-state index < -0.39 is 0 Å². The Bertz CT molecular complexity index is 378. The van der Waals surface area contributed by atoms with Crippen LogP contribution in [0.1, 0.15) is 17.5 Å². The maximum Gasteiger partial charge on any atom is 0.127 e. The number of halogens is 1. The van der Waals surface area contributed by atoms with Gasteiger partial charge in [-0.25, -0.2) is 4.39 Å². The van der Waals surface area contributed by atoms with Gasteiger partial charge in [-0.1, -0.05) is 12.1 Å². The van der Waals surface area contributed by atoms with Crippen LogP contribution in [-0.2, 0) is 13.1 Å². The van der Waals surface area contributed by atoms with E-state index in [1.807, 2.05) is 17.8 Å². The molecule has 1 unspecified atom stereocenters. The van der Waals surface area contributed by atoms with Gasteiger partial charge >= 0.3 is 0 Å². The summed E-state index contributed by atoms with van der Waals surface area (Å²) in [6.45, 7) is 1.14. The number of benzene rings is 1. The molecule has 0 bridgehead atoms. The van der Waals surface area contributed by atoms with E-state index in [-0.39, 0.29) is 5.82 Å². The Kier molecular flexibility index (Phi) is 4.42. The maximum absolute atomic E-state index is 13.7. The summed E-state index contributed by atoms with van der Waals surface area (Å²) < 4.78 is 13.7. The number of rotatable bonds is 4. The van der Waals surface area contributed by atoms with E-state index in [1.165, 1.54) is 18.2 Å². The highest BCUT2D eigenvalue weighted by atomic mass is 32.2. The Morgan fingerprint density at radius 3 is 3.00 bits per heavy atom. The van der Waals surface area contributed by atoms with Crippen LogP contribution in [0.3, 0.4) is 0 Å². The van der Waals surface area contributed by atoms with Crippen LogP contribution in [0.2, 0.25) is 0 Å². The van der Waals surface area contributed by atoms with E-state index in [2.05, 4.69) is 11.9 Å². The molecule has 1 saturated heterocycles. The van der Waals surface area contributed by atoms with E-state index in [4.69, 9.17) is 5.73 Å². The molecule has 2 N–H and O–H groups in total. The molecule has 1 fully saturated rings. The number of hydrogen-bond donors (Lipinski definition) is 1. The Hall–Kier alpha value is -0.580. The lowest BCUT2D eigenvalue weighted by Gasteiger charge is -2.23. The fraction of sp³-hybridized carbons (Fsp3) is 0.538. The molecule has 17 heavy (non-hydrogen) atoms. The summed E-state index contributed by atoms with van der Waals surface area (Å²) >= 11 is 1.98. The lowest BCUT2D eigenvalue weighted by molar-refractivity contribution is 0.251. The molecule has 94 valence electrons. The Morgan fingerprint density at radius 2 is 2.35 bits per heavy atom. The molecular formula is C13H19FN2S. The zero-order chi connectivity index (χ0) is 12.3. The van der Waals surface area contributed by atoms with Crippen molar-refractivity contribution in [3.63, 3.8) is 0 Å². The molecule has 1 aromatic carbocycles. The van der Waals surface area contributed by atoms with Crippen LogP contribution in [0.25, 0.3) is 0 Å². The van der Waals surface area contributed by atoms with Gasteiger partial charge < -0.3 is 5.73 Å². The first kappa shape index (κ1) is 12.9. The summed E-state index contributed by atoms with van der Waals surface area (Å²) in [5, 5.41) is 0. The maximum atomic E-state index is 13.7. The molecule has 2 nitrogen and oxygen atoms in total. The van der Waals surface area contributed by atoms with E-state index in [0.717, 1.165) is 16.9 Å². The molecule has 1 heterocycles. The van der Waals surface area contributed by atoms with Gasteiger partial charge in [0.25, 0.3) is 0 Å². The Morgan fingerprint density at radius 1 is 1.53 bits per heavy atom. The zero-order valence-electron chi connectivity index (χ0n) is 10.2. The molecule has 0 saturated carbocycles. The van der Waals surface area contributed by atoms with E-state index >= 15 is 0 Å². The van der Waals surface area contributed by atoms with Gasteiger partial charge in [0.15, 0.2) is 0 Å². The third-order valence-corrected chi connectivity index (χ3v) is 4.44. The first-order chi connectivity index (χ1) is 8.20. The number of nitrogens with zero attached hydrogens (tertiary/aromatic N) is 1. The van der Waals surface area contributed by atoms with Crippen molar-refractivity contribution in [3.05, 3.63) is 35.1 Å². The standard InChI is InChI=1S/C13H19FN2S/c1-16(12-4-5-17-9-12)8-11-6-10(7-15)2-3-13(11)14/h2-3,6,12H,4-5,7-9,15H2,1H3. The van der Waals surface area contributed by atoms with Crippen LogP contribution >= 0.6 is 11.8 Å². The van der Waals surface area contributed by atoms with E-state index in [0.29, 0.717) is 19.1 Å². The molecule has 1 aromatic rings. The van der Waals surface area contributed by atoms with E-state index in [9.17, 15) is 4.39 Å². The predicted molar refractivity (Wildman–Crippen MR) is 71.5 cm³/mol. The minimum Gasteiger partial charge on any atom is -0.326 e. The van der Waals surface area contributed by atoms with E-state index in [1.54, 1.807) is 6.07 Å². The minimum absolute atomic E-state index is 0.125. The molecule has 0 radical (unpaired) electrons. The van der Waals surface area contributed by atoms with Gasteiger partial charge in [0.1, 0.15) is 5.82 Å². The second kappa shape index (κ2) is 5.85. The fourth-order valence-corrected chi connectivity index (χ4v) is 3.44. The van der Waals surface area contributed by atoms with Crippen LogP contribution in [-0.4, -0.2) is 29.5 Å². The monoisotopic (exact) mass is 254 g/mol. The van der Waals surface area contributed by atoms with Crippen LogP contribution in [0.5, 0.6) is 0 Å². The highest BCUT2D eigenvalue weighted by Crippen LogP contribution is 2.23.